The zero-order valence-corrected chi connectivity index (χ0v) is 20.5. The Morgan fingerprint density at radius 2 is 2.00 bits per heavy atom. The fourth-order valence-electron chi connectivity index (χ4n) is 6.35. The number of pyridine rings is 2. The fraction of sp³-hybridized carbons (Fsp3) is 0.444. The highest BCUT2D eigenvalue weighted by atomic mass is 16.5. The second-order valence-electron chi connectivity index (χ2n) is 10.6. The molecule has 4 aromatic heterocycles. The topological polar surface area (TPSA) is 111 Å². The number of carbonyl (C=O) groups excluding carboxylic acids is 1. The van der Waals surface area contributed by atoms with Crippen LogP contribution in [0.1, 0.15) is 48.2 Å². The van der Waals surface area contributed by atoms with Crippen LogP contribution in [-0.4, -0.2) is 60.1 Å². The molecule has 3 aliphatic rings. The quantitative estimate of drug-likeness (QED) is 0.447. The number of aromatic hydroxyl groups is 1. The summed E-state index contributed by atoms with van der Waals surface area (Å²) < 4.78 is 9.88. The molecule has 6 heterocycles. The normalized spacial score (nSPS) is 23.3. The molecule has 2 aliphatic heterocycles. The molecular formula is C27H30N6O3. The van der Waals surface area contributed by atoms with Crippen molar-refractivity contribution in [2.75, 3.05) is 7.11 Å². The Labute approximate surface area is 208 Å². The van der Waals surface area contributed by atoms with Crippen LogP contribution in [0.4, 0.5) is 0 Å². The Morgan fingerprint density at radius 3 is 2.69 bits per heavy atom. The summed E-state index contributed by atoms with van der Waals surface area (Å²) in [5.74, 6) is 1.20. The Morgan fingerprint density at radius 1 is 1.17 bits per heavy atom. The molecule has 9 heteroatoms. The van der Waals surface area contributed by atoms with Gasteiger partial charge in [-0.2, -0.15) is 4.98 Å². The maximum absolute atomic E-state index is 13.6. The smallest absolute Gasteiger partial charge is 0.254 e. The first-order valence-electron chi connectivity index (χ1n) is 12.8. The molecule has 1 saturated carbocycles. The second kappa shape index (κ2) is 7.70. The first kappa shape index (κ1) is 21.7. The number of nitrogens with zero attached hydrogens (tertiary/aromatic N) is 5. The van der Waals surface area contributed by atoms with Crippen LogP contribution >= 0.6 is 0 Å². The van der Waals surface area contributed by atoms with E-state index in [-0.39, 0.29) is 29.9 Å². The van der Waals surface area contributed by atoms with Gasteiger partial charge in [-0.1, -0.05) is 0 Å². The van der Waals surface area contributed by atoms with E-state index in [1.807, 2.05) is 34.4 Å². The minimum atomic E-state index is 0.000903. The highest BCUT2D eigenvalue weighted by Gasteiger charge is 2.47. The van der Waals surface area contributed by atoms with Crippen LogP contribution in [0, 0.1) is 12.8 Å². The molecular weight excluding hydrogens is 456 g/mol. The predicted molar refractivity (Wildman–Crippen MR) is 135 cm³/mol. The Hall–Kier alpha value is -3.59. The second-order valence-corrected chi connectivity index (χ2v) is 10.6. The molecule has 36 heavy (non-hydrogen) atoms. The average Bonchev–Trinajstić information content (AvgIpc) is 3.20. The first-order valence-corrected chi connectivity index (χ1v) is 12.8. The maximum Gasteiger partial charge on any atom is 0.254 e. The molecule has 0 radical (unpaired) electrons. The van der Waals surface area contributed by atoms with E-state index in [0.29, 0.717) is 23.0 Å². The third kappa shape index (κ3) is 3.15. The van der Waals surface area contributed by atoms with Gasteiger partial charge in [0.05, 0.1) is 18.5 Å². The van der Waals surface area contributed by atoms with E-state index in [9.17, 15) is 9.90 Å². The summed E-state index contributed by atoms with van der Waals surface area (Å²) >= 11 is 0. The van der Waals surface area contributed by atoms with Crippen molar-refractivity contribution in [1.29, 1.82) is 0 Å². The van der Waals surface area contributed by atoms with Crippen LogP contribution in [0.15, 0.2) is 30.3 Å². The lowest BCUT2D eigenvalue weighted by Crippen LogP contribution is -2.40. The van der Waals surface area contributed by atoms with Gasteiger partial charge in [-0.3, -0.25) is 9.20 Å². The van der Waals surface area contributed by atoms with E-state index in [1.54, 1.807) is 13.2 Å². The minimum absolute atomic E-state index is 0.000903. The lowest BCUT2D eigenvalue weighted by Gasteiger charge is -2.23. The van der Waals surface area contributed by atoms with Crippen LogP contribution in [0.2, 0.25) is 0 Å². The molecule has 0 unspecified atom stereocenters. The molecule has 2 saturated heterocycles. The van der Waals surface area contributed by atoms with E-state index in [1.165, 1.54) is 12.8 Å². The Balaban J connectivity index is 1.37. The number of aryl methyl sites for hydroxylation is 1. The highest BCUT2D eigenvalue weighted by Crippen LogP contribution is 2.40. The van der Waals surface area contributed by atoms with Gasteiger partial charge in [0, 0.05) is 47.8 Å². The fourth-order valence-corrected chi connectivity index (χ4v) is 6.35. The molecule has 3 N–H and O–H groups in total. The van der Waals surface area contributed by atoms with Gasteiger partial charge in [0.15, 0.2) is 5.88 Å². The monoisotopic (exact) mass is 486 g/mol. The van der Waals surface area contributed by atoms with Crippen molar-refractivity contribution in [3.8, 4) is 23.1 Å². The van der Waals surface area contributed by atoms with Gasteiger partial charge in [-0.15, -0.1) is 0 Å². The standard InChI is InChI=1S/C27H30N6O3/c1-14-25(21-9-16-5-8-23(34)30-26(16)31(21)13-15-3-4-15)29-22-10-17(11-24(36-2)32(14)22)27(35)33-18-6-7-20(33)19(28)12-18/h5,8-11,15,18-20H,3-4,6-7,12-13,28H2,1-2H3,(H,30,34)/t18-,19+,20+/m0/s1. The van der Waals surface area contributed by atoms with Crippen molar-refractivity contribution in [2.45, 2.75) is 63.7 Å². The summed E-state index contributed by atoms with van der Waals surface area (Å²) in [5.41, 5.74) is 11.0. The molecule has 9 nitrogen and oxygen atoms in total. The summed E-state index contributed by atoms with van der Waals surface area (Å²) in [6, 6.07) is 9.66. The van der Waals surface area contributed by atoms with E-state index >= 15 is 0 Å². The summed E-state index contributed by atoms with van der Waals surface area (Å²) in [7, 11) is 1.62. The molecule has 2 bridgehead atoms. The largest absolute Gasteiger partial charge is 0.493 e. The number of carbonyl (C=O) groups is 1. The number of hydrogen-bond donors (Lipinski definition) is 2. The minimum Gasteiger partial charge on any atom is -0.493 e. The van der Waals surface area contributed by atoms with E-state index in [2.05, 4.69) is 15.6 Å². The van der Waals surface area contributed by atoms with Gasteiger partial charge in [0.1, 0.15) is 17.0 Å². The lowest BCUT2D eigenvalue weighted by atomic mass is 9.97. The molecule has 1 amide bonds. The van der Waals surface area contributed by atoms with Gasteiger partial charge in [0.25, 0.3) is 5.91 Å². The van der Waals surface area contributed by atoms with Crippen molar-refractivity contribution < 1.29 is 14.6 Å². The number of rotatable bonds is 5. The molecule has 186 valence electrons. The number of imidazole rings is 1. The molecule has 3 fully saturated rings. The van der Waals surface area contributed by atoms with Gasteiger partial charge >= 0.3 is 0 Å². The van der Waals surface area contributed by atoms with Gasteiger partial charge < -0.3 is 25.0 Å². The molecule has 7 rings (SSSR count). The van der Waals surface area contributed by atoms with E-state index in [4.69, 9.17) is 15.5 Å². The highest BCUT2D eigenvalue weighted by molar-refractivity contribution is 5.96. The molecule has 0 aromatic carbocycles. The van der Waals surface area contributed by atoms with Crippen molar-refractivity contribution >= 4 is 22.6 Å². The number of ether oxygens (including phenoxy) is 1. The number of methoxy groups -OCH3 is 1. The molecule has 4 aromatic rings. The summed E-state index contributed by atoms with van der Waals surface area (Å²) in [6.45, 7) is 2.85. The number of aromatic nitrogens is 4. The van der Waals surface area contributed by atoms with E-state index < -0.39 is 0 Å². The van der Waals surface area contributed by atoms with Crippen LogP contribution in [0.25, 0.3) is 28.1 Å². The molecule has 0 spiro atoms. The summed E-state index contributed by atoms with van der Waals surface area (Å²) in [4.78, 5) is 25.0. The van der Waals surface area contributed by atoms with Crippen molar-refractivity contribution in [2.24, 2.45) is 11.7 Å². The SMILES string of the molecule is COc1cc(C(=O)N2[C@H]3CC[C@@H]2[C@H](N)C3)cc2nc(-c3cc4ccc(O)nc4n3CC3CC3)c(C)n12. The van der Waals surface area contributed by atoms with Crippen LogP contribution in [0.3, 0.4) is 0 Å². The van der Waals surface area contributed by atoms with Gasteiger partial charge in [0.2, 0.25) is 5.88 Å². The molecule has 3 atom stereocenters. The van der Waals surface area contributed by atoms with Gasteiger partial charge in [-0.25, -0.2) is 4.98 Å². The number of hydrogen-bond acceptors (Lipinski definition) is 6. The van der Waals surface area contributed by atoms with Crippen molar-refractivity contribution in [3.05, 3.63) is 41.6 Å². The number of fused-ring (bicyclic) bond motifs is 4. The number of nitrogens with two attached hydrogens (primary N) is 1. The Kier molecular flexibility index (Phi) is 4.64. The average molecular weight is 487 g/mol. The van der Waals surface area contributed by atoms with Crippen LogP contribution in [-0.2, 0) is 6.54 Å². The maximum atomic E-state index is 13.6. The van der Waals surface area contributed by atoms with Crippen LogP contribution < -0.4 is 10.5 Å². The first-order chi connectivity index (χ1) is 17.4. The third-order valence-electron chi connectivity index (χ3n) is 8.30. The third-order valence-corrected chi connectivity index (χ3v) is 8.30. The summed E-state index contributed by atoms with van der Waals surface area (Å²) in [6.07, 6.45) is 5.26. The van der Waals surface area contributed by atoms with Crippen molar-refractivity contribution in [3.63, 3.8) is 0 Å². The predicted octanol–water partition coefficient (Wildman–Crippen LogP) is 3.49. The zero-order chi connectivity index (χ0) is 24.7. The van der Waals surface area contributed by atoms with Gasteiger partial charge in [-0.05, 0) is 63.1 Å². The zero-order valence-electron chi connectivity index (χ0n) is 20.5. The van der Waals surface area contributed by atoms with Crippen molar-refractivity contribution in [1.82, 2.24) is 23.8 Å². The summed E-state index contributed by atoms with van der Waals surface area (Å²) in [5, 5.41) is 11.0. The molecule has 1 aliphatic carbocycles. The van der Waals surface area contributed by atoms with Crippen LogP contribution in [0.5, 0.6) is 11.8 Å². The number of amides is 1. The Bertz CT molecular complexity index is 1530. The van der Waals surface area contributed by atoms with E-state index in [0.717, 1.165) is 53.9 Å². The lowest BCUT2D eigenvalue weighted by molar-refractivity contribution is 0.0726.